The van der Waals surface area contributed by atoms with Crippen molar-refractivity contribution in [2.75, 3.05) is 32.8 Å². The maximum atomic E-state index is 5.79. The topological polar surface area (TPSA) is 21.7 Å². The minimum absolute atomic E-state index is 0. The molecule has 0 bridgehead atoms. The van der Waals surface area contributed by atoms with Gasteiger partial charge in [0, 0.05) is 6.54 Å². The largest absolute Gasteiger partial charge is 0.494 e. The van der Waals surface area contributed by atoms with E-state index in [4.69, 9.17) is 9.47 Å². The molecule has 1 aromatic rings. The molecule has 0 saturated carbocycles. The Kier molecular flexibility index (Phi) is 9.27. The van der Waals surface area contributed by atoms with Crippen molar-refractivity contribution < 1.29 is 9.47 Å². The Morgan fingerprint density at radius 3 is 2.05 bits per heavy atom. The van der Waals surface area contributed by atoms with E-state index in [0.29, 0.717) is 0 Å². The number of piperidine rings is 1. The first-order valence-electron chi connectivity index (χ1n) is 7.96. The van der Waals surface area contributed by atoms with Crippen molar-refractivity contribution >= 4 is 12.4 Å². The Morgan fingerprint density at radius 2 is 1.48 bits per heavy atom. The number of likely N-dealkylation sites (tertiary alicyclic amines) is 1. The normalized spacial score (nSPS) is 15.3. The molecule has 1 aliphatic rings. The average Bonchev–Trinajstić information content (AvgIpc) is 2.50. The fraction of sp³-hybridized carbons (Fsp3) is 0.647. The van der Waals surface area contributed by atoms with Gasteiger partial charge in [0.2, 0.25) is 0 Å². The summed E-state index contributed by atoms with van der Waals surface area (Å²) >= 11 is 0. The van der Waals surface area contributed by atoms with Crippen molar-refractivity contribution in [3.63, 3.8) is 0 Å². The number of benzene rings is 1. The minimum Gasteiger partial charge on any atom is -0.494 e. The molecule has 0 aromatic heterocycles. The lowest BCUT2D eigenvalue weighted by atomic mass is 10.1. The van der Waals surface area contributed by atoms with Crippen LogP contribution in [0.2, 0.25) is 0 Å². The van der Waals surface area contributed by atoms with Crippen LogP contribution in [0, 0.1) is 0 Å². The summed E-state index contributed by atoms with van der Waals surface area (Å²) in [6.07, 6.45) is 6.33. The summed E-state index contributed by atoms with van der Waals surface area (Å²) in [5.74, 6) is 1.87. The van der Waals surface area contributed by atoms with Gasteiger partial charge in [-0.15, -0.1) is 12.4 Å². The van der Waals surface area contributed by atoms with Crippen LogP contribution in [0.3, 0.4) is 0 Å². The molecule has 0 atom stereocenters. The van der Waals surface area contributed by atoms with Gasteiger partial charge < -0.3 is 9.47 Å². The van der Waals surface area contributed by atoms with Crippen LogP contribution in [0.25, 0.3) is 0 Å². The third-order valence-corrected chi connectivity index (χ3v) is 3.72. The third kappa shape index (κ3) is 7.05. The predicted octanol–water partition coefficient (Wildman–Crippen LogP) is 4.15. The molecule has 0 aliphatic carbocycles. The first-order valence-corrected chi connectivity index (χ1v) is 7.96. The monoisotopic (exact) mass is 313 g/mol. The minimum atomic E-state index is 0. The average molecular weight is 314 g/mol. The second kappa shape index (κ2) is 10.7. The Hall–Kier alpha value is -0.930. The van der Waals surface area contributed by atoms with E-state index in [-0.39, 0.29) is 12.4 Å². The summed E-state index contributed by atoms with van der Waals surface area (Å²) in [6, 6.07) is 7.98. The molecule has 120 valence electrons. The molecule has 2 rings (SSSR count). The quantitative estimate of drug-likeness (QED) is 0.673. The van der Waals surface area contributed by atoms with Gasteiger partial charge in [0.1, 0.15) is 18.1 Å². The highest BCUT2D eigenvalue weighted by molar-refractivity contribution is 5.85. The number of hydrogen-bond donors (Lipinski definition) is 0. The SMILES string of the molecule is CCCCOc1ccc(OCCN2CCCCC2)cc1.Cl. The molecular formula is C17H28ClNO2. The fourth-order valence-corrected chi connectivity index (χ4v) is 2.44. The van der Waals surface area contributed by atoms with E-state index >= 15 is 0 Å². The van der Waals surface area contributed by atoms with Gasteiger partial charge in [-0.05, 0) is 56.6 Å². The zero-order valence-corrected chi connectivity index (χ0v) is 13.9. The Balaban J connectivity index is 0.00000220. The van der Waals surface area contributed by atoms with E-state index in [9.17, 15) is 0 Å². The van der Waals surface area contributed by atoms with Gasteiger partial charge in [-0.2, -0.15) is 0 Å². The highest BCUT2D eigenvalue weighted by Crippen LogP contribution is 2.18. The van der Waals surface area contributed by atoms with Crippen molar-refractivity contribution in [2.45, 2.75) is 39.0 Å². The van der Waals surface area contributed by atoms with E-state index < -0.39 is 0 Å². The lowest BCUT2D eigenvalue weighted by Crippen LogP contribution is -2.33. The molecule has 0 N–H and O–H groups in total. The summed E-state index contributed by atoms with van der Waals surface area (Å²) in [6.45, 7) is 7.24. The Bertz CT molecular complexity index is 364. The number of hydrogen-bond acceptors (Lipinski definition) is 3. The molecule has 1 fully saturated rings. The number of unbranched alkanes of at least 4 members (excludes halogenated alkanes) is 1. The highest BCUT2D eigenvalue weighted by Gasteiger charge is 2.09. The lowest BCUT2D eigenvalue weighted by molar-refractivity contribution is 0.183. The van der Waals surface area contributed by atoms with Crippen molar-refractivity contribution in [1.29, 1.82) is 0 Å². The van der Waals surface area contributed by atoms with Gasteiger partial charge in [-0.25, -0.2) is 0 Å². The van der Waals surface area contributed by atoms with Gasteiger partial charge >= 0.3 is 0 Å². The van der Waals surface area contributed by atoms with Crippen molar-refractivity contribution in [1.82, 2.24) is 4.90 Å². The summed E-state index contributed by atoms with van der Waals surface area (Å²) < 4.78 is 11.4. The predicted molar refractivity (Wildman–Crippen MR) is 89.9 cm³/mol. The first-order chi connectivity index (χ1) is 9.88. The van der Waals surface area contributed by atoms with Crippen molar-refractivity contribution in [2.24, 2.45) is 0 Å². The van der Waals surface area contributed by atoms with Gasteiger partial charge in [0.15, 0.2) is 0 Å². The zero-order chi connectivity index (χ0) is 14.0. The first kappa shape index (κ1) is 18.1. The van der Waals surface area contributed by atoms with Gasteiger partial charge in [0.05, 0.1) is 6.61 Å². The van der Waals surface area contributed by atoms with Crippen molar-refractivity contribution in [3.8, 4) is 11.5 Å². The summed E-state index contributed by atoms with van der Waals surface area (Å²) in [5, 5.41) is 0. The van der Waals surface area contributed by atoms with Crippen LogP contribution in [0.5, 0.6) is 11.5 Å². The van der Waals surface area contributed by atoms with E-state index in [0.717, 1.165) is 44.1 Å². The maximum Gasteiger partial charge on any atom is 0.119 e. The smallest absolute Gasteiger partial charge is 0.119 e. The van der Waals surface area contributed by atoms with Crippen LogP contribution in [0.4, 0.5) is 0 Å². The van der Waals surface area contributed by atoms with Crippen LogP contribution >= 0.6 is 12.4 Å². The standard InChI is InChI=1S/C17H27NO2.ClH/c1-2-3-14-19-16-7-9-17(10-8-16)20-15-13-18-11-5-4-6-12-18;/h7-10H,2-6,11-15H2,1H3;1H. The van der Waals surface area contributed by atoms with Crippen molar-refractivity contribution in [3.05, 3.63) is 24.3 Å². The molecule has 0 radical (unpaired) electrons. The molecule has 0 unspecified atom stereocenters. The molecule has 1 saturated heterocycles. The fourth-order valence-electron chi connectivity index (χ4n) is 2.44. The Morgan fingerprint density at radius 1 is 0.905 bits per heavy atom. The lowest BCUT2D eigenvalue weighted by Gasteiger charge is -2.26. The molecule has 21 heavy (non-hydrogen) atoms. The molecule has 1 aliphatic heterocycles. The number of halogens is 1. The van der Waals surface area contributed by atoms with Crippen LogP contribution < -0.4 is 9.47 Å². The van der Waals surface area contributed by atoms with Gasteiger partial charge in [-0.1, -0.05) is 19.8 Å². The second-order valence-electron chi connectivity index (χ2n) is 5.42. The van der Waals surface area contributed by atoms with Crippen LogP contribution in [0.15, 0.2) is 24.3 Å². The zero-order valence-electron chi connectivity index (χ0n) is 13.1. The Labute approximate surface area is 135 Å². The van der Waals surface area contributed by atoms with Crippen LogP contribution in [-0.2, 0) is 0 Å². The third-order valence-electron chi connectivity index (χ3n) is 3.72. The number of nitrogens with zero attached hydrogens (tertiary/aromatic N) is 1. The van der Waals surface area contributed by atoms with Gasteiger partial charge in [0.25, 0.3) is 0 Å². The molecule has 1 heterocycles. The van der Waals surface area contributed by atoms with E-state index in [1.807, 2.05) is 24.3 Å². The second-order valence-corrected chi connectivity index (χ2v) is 5.42. The summed E-state index contributed by atoms with van der Waals surface area (Å²) in [7, 11) is 0. The number of rotatable bonds is 8. The van der Waals surface area contributed by atoms with E-state index in [2.05, 4.69) is 11.8 Å². The molecule has 0 amide bonds. The van der Waals surface area contributed by atoms with Crippen LogP contribution in [-0.4, -0.2) is 37.7 Å². The van der Waals surface area contributed by atoms with Crippen LogP contribution in [0.1, 0.15) is 39.0 Å². The molecular weight excluding hydrogens is 286 g/mol. The number of ether oxygens (including phenoxy) is 2. The summed E-state index contributed by atoms with van der Waals surface area (Å²) in [4.78, 5) is 2.49. The molecule has 0 spiro atoms. The molecule has 3 nitrogen and oxygen atoms in total. The molecule has 1 aromatic carbocycles. The highest BCUT2D eigenvalue weighted by atomic mass is 35.5. The van der Waals surface area contributed by atoms with E-state index in [1.165, 1.54) is 32.4 Å². The van der Waals surface area contributed by atoms with Gasteiger partial charge in [-0.3, -0.25) is 4.90 Å². The maximum absolute atomic E-state index is 5.79. The molecule has 4 heteroatoms. The summed E-state index contributed by atoms with van der Waals surface area (Å²) in [5.41, 5.74) is 0. The van der Waals surface area contributed by atoms with E-state index in [1.54, 1.807) is 0 Å².